The largest absolute Gasteiger partial charge is 0.454 e. The van der Waals surface area contributed by atoms with E-state index in [1.807, 2.05) is 12.1 Å². The van der Waals surface area contributed by atoms with Crippen molar-refractivity contribution >= 4 is 11.6 Å². The summed E-state index contributed by atoms with van der Waals surface area (Å²) in [5.41, 5.74) is 1.17. The lowest BCUT2D eigenvalue weighted by molar-refractivity contribution is -0.114. The van der Waals surface area contributed by atoms with Crippen molar-refractivity contribution < 1.29 is 14.6 Å². The maximum Gasteiger partial charge on any atom is 0.221 e. The second-order valence-corrected chi connectivity index (χ2v) is 4.37. The van der Waals surface area contributed by atoms with E-state index in [9.17, 15) is 9.90 Å². The summed E-state index contributed by atoms with van der Waals surface area (Å²) < 4.78 is 5.69. The molecule has 0 saturated carbocycles. The summed E-state index contributed by atoms with van der Waals surface area (Å²) in [4.78, 5) is 15.2. The summed E-state index contributed by atoms with van der Waals surface area (Å²) in [5.74, 6) is 0.908. The molecule has 5 nitrogen and oxygen atoms in total. The second kappa shape index (κ2) is 6.16. The number of aromatic nitrogens is 1. The van der Waals surface area contributed by atoms with Crippen molar-refractivity contribution in [3.8, 4) is 11.5 Å². The Hall–Kier alpha value is -2.40. The third-order valence-electron chi connectivity index (χ3n) is 2.61. The monoisotopic (exact) mass is 272 g/mol. The third kappa shape index (κ3) is 3.55. The van der Waals surface area contributed by atoms with Crippen LogP contribution in [0.2, 0.25) is 0 Å². The van der Waals surface area contributed by atoms with Gasteiger partial charge in [-0.25, -0.2) is 0 Å². The van der Waals surface area contributed by atoms with E-state index in [1.54, 1.807) is 31.2 Å². The number of benzene rings is 1. The molecule has 1 amide bonds. The van der Waals surface area contributed by atoms with Crippen molar-refractivity contribution in [2.24, 2.45) is 0 Å². The molecule has 1 atom stereocenters. The summed E-state index contributed by atoms with van der Waals surface area (Å²) in [5, 5.41) is 12.1. The lowest BCUT2D eigenvalue weighted by Gasteiger charge is -2.11. The van der Waals surface area contributed by atoms with E-state index in [0.717, 1.165) is 0 Å². The van der Waals surface area contributed by atoms with Crippen LogP contribution in [-0.4, -0.2) is 16.0 Å². The predicted molar refractivity (Wildman–Crippen MR) is 75.7 cm³/mol. The van der Waals surface area contributed by atoms with Gasteiger partial charge in [0.15, 0.2) is 5.75 Å². The average Bonchev–Trinajstić information content (AvgIpc) is 2.41. The van der Waals surface area contributed by atoms with Gasteiger partial charge in [-0.15, -0.1) is 0 Å². The number of rotatable bonds is 4. The number of nitrogens with one attached hydrogen (secondary N) is 1. The van der Waals surface area contributed by atoms with Crippen molar-refractivity contribution in [3.05, 3.63) is 48.3 Å². The molecule has 0 spiro atoms. The lowest BCUT2D eigenvalue weighted by Crippen LogP contribution is -2.06. The highest BCUT2D eigenvalue weighted by molar-refractivity contribution is 5.90. The van der Waals surface area contributed by atoms with Crippen LogP contribution in [0.15, 0.2) is 42.6 Å². The van der Waals surface area contributed by atoms with Gasteiger partial charge in [0.05, 0.1) is 23.7 Å². The van der Waals surface area contributed by atoms with Gasteiger partial charge in [-0.3, -0.25) is 9.78 Å². The molecule has 0 aliphatic rings. The Morgan fingerprint density at radius 1 is 1.30 bits per heavy atom. The number of ether oxygens (including phenoxy) is 1. The second-order valence-electron chi connectivity index (χ2n) is 4.37. The van der Waals surface area contributed by atoms with E-state index in [2.05, 4.69) is 10.3 Å². The number of carbonyl (C=O) groups is 1. The molecule has 2 N–H and O–H groups in total. The Balaban J connectivity index is 2.19. The molecule has 1 aromatic heterocycles. The molecule has 20 heavy (non-hydrogen) atoms. The minimum atomic E-state index is -0.615. The summed E-state index contributed by atoms with van der Waals surface area (Å²) in [6, 6.07) is 10.6. The first-order valence-electron chi connectivity index (χ1n) is 6.25. The Morgan fingerprint density at radius 3 is 2.65 bits per heavy atom. The number of amides is 1. The van der Waals surface area contributed by atoms with Crippen LogP contribution in [0.25, 0.3) is 0 Å². The zero-order valence-corrected chi connectivity index (χ0v) is 11.3. The highest BCUT2D eigenvalue weighted by Gasteiger charge is 2.07. The van der Waals surface area contributed by atoms with E-state index in [4.69, 9.17) is 4.74 Å². The minimum absolute atomic E-state index is 0.163. The van der Waals surface area contributed by atoms with Gasteiger partial charge >= 0.3 is 0 Å². The van der Waals surface area contributed by atoms with Gasteiger partial charge in [0.25, 0.3) is 0 Å². The standard InChI is InChI=1S/C15H16N2O3/c1-10(18)13-8-7-12(9-16-13)20-15-6-4-3-5-14(15)17-11(2)19/h3-10,18H,1-2H3,(H,17,19)/t10-/m0/s1. The molecule has 0 bridgehead atoms. The van der Waals surface area contributed by atoms with Crippen LogP contribution in [0.3, 0.4) is 0 Å². The molecular weight excluding hydrogens is 256 g/mol. The van der Waals surface area contributed by atoms with E-state index in [0.29, 0.717) is 22.9 Å². The fraction of sp³-hybridized carbons (Fsp3) is 0.200. The molecule has 104 valence electrons. The first-order valence-corrected chi connectivity index (χ1v) is 6.25. The first kappa shape index (κ1) is 14.0. The van der Waals surface area contributed by atoms with Crippen LogP contribution in [0, 0.1) is 0 Å². The average molecular weight is 272 g/mol. The Morgan fingerprint density at radius 2 is 2.05 bits per heavy atom. The lowest BCUT2D eigenvalue weighted by atomic mass is 10.2. The van der Waals surface area contributed by atoms with E-state index in [-0.39, 0.29) is 5.91 Å². The van der Waals surface area contributed by atoms with Crippen LogP contribution < -0.4 is 10.1 Å². The van der Waals surface area contributed by atoms with Crippen LogP contribution in [0.1, 0.15) is 25.6 Å². The van der Waals surface area contributed by atoms with Gasteiger partial charge < -0.3 is 15.2 Å². The fourth-order valence-electron chi connectivity index (χ4n) is 1.67. The Bertz CT molecular complexity index is 594. The molecule has 1 heterocycles. The molecule has 0 aliphatic carbocycles. The zero-order chi connectivity index (χ0) is 14.5. The maximum atomic E-state index is 11.1. The molecular formula is C15H16N2O3. The topological polar surface area (TPSA) is 71.5 Å². The van der Waals surface area contributed by atoms with Gasteiger partial charge in [0, 0.05) is 6.92 Å². The number of nitrogens with zero attached hydrogens (tertiary/aromatic N) is 1. The molecule has 2 rings (SSSR count). The minimum Gasteiger partial charge on any atom is -0.454 e. The first-order chi connectivity index (χ1) is 9.56. The summed E-state index contributed by atoms with van der Waals surface area (Å²) in [6.07, 6.45) is 0.919. The highest BCUT2D eigenvalue weighted by Crippen LogP contribution is 2.29. The highest BCUT2D eigenvalue weighted by atomic mass is 16.5. The molecule has 1 aromatic carbocycles. The maximum absolute atomic E-state index is 11.1. The van der Waals surface area contributed by atoms with Crippen molar-refractivity contribution in [2.45, 2.75) is 20.0 Å². The van der Waals surface area contributed by atoms with Gasteiger partial charge in [-0.05, 0) is 31.2 Å². The van der Waals surface area contributed by atoms with E-state index >= 15 is 0 Å². The van der Waals surface area contributed by atoms with Crippen LogP contribution in [-0.2, 0) is 4.79 Å². The fourth-order valence-corrected chi connectivity index (χ4v) is 1.67. The Labute approximate surface area is 117 Å². The number of aliphatic hydroxyl groups excluding tert-OH is 1. The number of pyridine rings is 1. The molecule has 0 aliphatic heterocycles. The van der Waals surface area contributed by atoms with Gasteiger partial charge in [0.1, 0.15) is 5.75 Å². The number of carbonyl (C=O) groups excluding carboxylic acids is 1. The summed E-state index contributed by atoms with van der Waals surface area (Å²) in [7, 11) is 0. The molecule has 2 aromatic rings. The Kier molecular flexibility index (Phi) is 4.32. The summed E-state index contributed by atoms with van der Waals surface area (Å²) in [6.45, 7) is 3.09. The number of hydrogen-bond acceptors (Lipinski definition) is 4. The van der Waals surface area contributed by atoms with Crippen molar-refractivity contribution in [3.63, 3.8) is 0 Å². The SMILES string of the molecule is CC(=O)Nc1ccccc1Oc1ccc([C@H](C)O)nc1. The molecule has 0 saturated heterocycles. The quantitative estimate of drug-likeness (QED) is 0.897. The smallest absolute Gasteiger partial charge is 0.221 e. The van der Waals surface area contributed by atoms with Crippen LogP contribution in [0.4, 0.5) is 5.69 Å². The van der Waals surface area contributed by atoms with E-state index in [1.165, 1.54) is 13.1 Å². The molecule has 5 heteroatoms. The number of anilines is 1. The third-order valence-corrected chi connectivity index (χ3v) is 2.61. The zero-order valence-electron chi connectivity index (χ0n) is 11.3. The predicted octanol–water partition coefficient (Wildman–Crippen LogP) is 2.89. The van der Waals surface area contributed by atoms with Crippen LogP contribution >= 0.6 is 0 Å². The number of hydrogen-bond donors (Lipinski definition) is 2. The summed E-state index contributed by atoms with van der Waals surface area (Å²) >= 11 is 0. The molecule has 0 fully saturated rings. The number of para-hydroxylation sites is 2. The van der Waals surface area contributed by atoms with Gasteiger partial charge in [0.2, 0.25) is 5.91 Å². The van der Waals surface area contributed by atoms with Crippen molar-refractivity contribution in [2.75, 3.05) is 5.32 Å². The van der Waals surface area contributed by atoms with E-state index < -0.39 is 6.10 Å². The normalized spacial score (nSPS) is 11.8. The van der Waals surface area contributed by atoms with Gasteiger partial charge in [-0.2, -0.15) is 0 Å². The van der Waals surface area contributed by atoms with Crippen LogP contribution in [0.5, 0.6) is 11.5 Å². The number of aliphatic hydroxyl groups is 1. The molecule has 0 radical (unpaired) electrons. The van der Waals surface area contributed by atoms with Gasteiger partial charge in [-0.1, -0.05) is 12.1 Å². The van der Waals surface area contributed by atoms with Crippen molar-refractivity contribution in [1.82, 2.24) is 4.98 Å². The molecule has 0 unspecified atom stereocenters. The van der Waals surface area contributed by atoms with Crippen molar-refractivity contribution in [1.29, 1.82) is 0 Å².